The number of aliphatic carboxylic acids is 1. The number of carboxylic acid groups (broad SMARTS) is 1. The van der Waals surface area contributed by atoms with E-state index >= 15 is 0 Å². The average Bonchev–Trinajstić information content (AvgIpc) is 2.27. The van der Waals surface area contributed by atoms with E-state index < -0.39 is 23.9 Å². The van der Waals surface area contributed by atoms with Gasteiger partial charge < -0.3 is 15.9 Å². The van der Waals surface area contributed by atoms with Gasteiger partial charge in [0.05, 0.1) is 0 Å². The molecule has 15 heavy (non-hydrogen) atoms. The SMILES string of the molecule is NC(C(=O)c1ccccc1)C(O)C(=O)O. The Morgan fingerprint density at radius 1 is 1.20 bits per heavy atom. The van der Waals surface area contributed by atoms with Crippen LogP contribution < -0.4 is 5.73 Å². The smallest absolute Gasteiger partial charge is 0.334 e. The van der Waals surface area contributed by atoms with Crippen molar-refractivity contribution >= 4 is 11.8 Å². The first kappa shape index (κ1) is 11.4. The number of carbonyl (C=O) groups is 2. The summed E-state index contributed by atoms with van der Waals surface area (Å²) in [6.45, 7) is 0. The standard InChI is InChI=1S/C10H11NO4/c11-7(9(13)10(14)15)8(12)6-4-2-1-3-5-6/h1-5,7,9,13H,11H2,(H,14,15). The van der Waals surface area contributed by atoms with E-state index in [2.05, 4.69) is 0 Å². The maximum Gasteiger partial charge on any atom is 0.334 e. The van der Waals surface area contributed by atoms with Gasteiger partial charge >= 0.3 is 5.97 Å². The quantitative estimate of drug-likeness (QED) is 0.588. The zero-order valence-electron chi connectivity index (χ0n) is 7.83. The van der Waals surface area contributed by atoms with E-state index in [1.54, 1.807) is 18.2 Å². The number of carboxylic acids is 1. The summed E-state index contributed by atoms with van der Waals surface area (Å²) in [4.78, 5) is 21.9. The molecule has 0 aliphatic carbocycles. The second-order valence-electron chi connectivity index (χ2n) is 3.04. The lowest BCUT2D eigenvalue weighted by molar-refractivity contribution is -0.147. The van der Waals surface area contributed by atoms with Crippen molar-refractivity contribution in [1.29, 1.82) is 0 Å². The molecular weight excluding hydrogens is 198 g/mol. The summed E-state index contributed by atoms with van der Waals surface area (Å²) in [6.07, 6.45) is -1.88. The van der Waals surface area contributed by atoms with Crippen LogP contribution >= 0.6 is 0 Å². The van der Waals surface area contributed by atoms with Crippen LogP contribution in [0.25, 0.3) is 0 Å². The summed E-state index contributed by atoms with van der Waals surface area (Å²) in [6, 6.07) is 6.56. The van der Waals surface area contributed by atoms with Crippen molar-refractivity contribution < 1.29 is 19.8 Å². The highest BCUT2D eigenvalue weighted by molar-refractivity contribution is 6.02. The predicted octanol–water partition coefficient (Wildman–Crippen LogP) is -0.358. The summed E-state index contributed by atoms with van der Waals surface area (Å²) in [5, 5.41) is 17.5. The first-order valence-corrected chi connectivity index (χ1v) is 4.29. The zero-order valence-corrected chi connectivity index (χ0v) is 7.83. The number of nitrogens with two attached hydrogens (primary N) is 1. The molecule has 4 N–H and O–H groups in total. The molecule has 1 aromatic rings. The first-order chi connectivity index (χ1) is 7.04. The molecule has 0 aliphatic heterocycles. The van der Waals surface area contributed by atoms with Gasteiger partial charge in [0, 0.05) is 5.56 Å². The molecule has 1 aromatic carbocycles. The topological polar surface area (TPSA) is 101 Å². The van der Waals surface area contributed by atoms with Gasteiger partial charge in [-0.1, -0.05) is 30.3 Å². The fraction of sp³-hybridized carbons (Fsp3) is 0.200. The van der Waals surface area contributed by atoms with Crippen LogP contribution in [0.3, 0.4) is 0 Å². The molecule has 5 nitrogen and oxygen atoms in total. The van der Waals surface area contributed by atoms with Crippen LogP contribution in [-0.4, -0.2) is 34.1 Å². The molecule has 0 fully saturated rings. The Morgan fingerprint density at radius 2 is 1.73 bits per heavy atom. The normalized spacial score (nSPS) is 14.3. The summed E-state index contributed by atoms with van der Waals surface area (Å²) < 4.78 is 0. The molecule has 2 atom stereocenters. The second kappa shape index (κ2) is 4.68. The van der Waals surface area contributed by atoms with Gasteiger partial charge in [0.15, 0.2) is 11.9 Å². The Morgan fingerprint density at radius 3 is 2.20 bits per heavy atom. The summed E-state index contributed by atoms with van der Waals surface area (Å²) in [5.41, 5.74) is 5.60. The maximum absolute atomic E-state index is 11.5. The Labute approximate surface area is 86.1 Å². The zero-order chi connectivity index (χ0) is 11.4. The molecule has 80 valence electrons. The largest absolute Gasteiger partial charge is 0.479 e. The third-order valence-corrected chi connectivity index (χ3v) is 1.95. The van der Waals surface area contributed by atoms with Crippen LogP contribution in [0.1, 0.15) is 10.4 Å². The number of Topliss-reactive ketones (excluding diaryl/α,β-unsaturated/α-hetero) is 1. The molecule has 0 spiro atoms. The molecule has 5 heteroatoms. The van der Waals surface area contributed by atoms with Gasteiger partial charge in [0.1, 0.15) is 6.04 Å². The number of rotatable bonds is 4. The highest BCUT2D eigenvalue weighted by atomic mass is 16.4. The van der Waals surface area contributed by atoms with Gasteiger partial charge in [-0.3, -0.25) is 4.79 Å². The molecule has 0 saturated carbocycles. The van der Waals surface area contributed by atoms with E-state index in [4.69, 9.17) is 15.9 Å². The van der Waals surface area contributed by atoms with Gasteiger partial charge in [0.2, 0.25) is 0 Å². The van der Waals surface area contributed by atoms with Gasteiger partial charge in [-0.2, -0.15) is 0 Å². The summed E-state index contributed by atoms with van der Waals surface area (Å²) >= 11 is 0. The number of ketones is 1. The van der Waals surface area contributed by atoms with Crippen molar-refractivity contribution in [1.82, 2.24) is 0 Å². The molecule has 0 radical (unpaired) electrons. The van der Waals surface area contributed by atoms with E-state index in [0.717, 1.165) is 0 Å². The third-order valence-electron chi connectivity index (χ3n) is 1.95. The van der Waals surface area contributed by atoms with Gasteiger partial charge in [0.25, 0.3) is 0 Å². The van der Waals surface area contributed by atoms with Crippen molar-refractivity contribution in [2.45, 2.75) is 12.1 Å². The lowest BCUT2D eigenvalue weighted by atomic mass is 10.0. The monoisotopic (exact) mass is 209 g/mol. The van der Waals surface area contributed by atoms with Gasteiger partial charge in [-0.15, -0.1) is 0 Å². The lowest BCUT2D eigenvalue weighted by Gasteiger charge is -2.13. The Kier molecular flexibility index (Phi) is 3.54. The van der Waals surface area contributed by atoms with Gasteiger partial charge in [-0.25, -0.2) is 4.79 Å². The van der Waals surface area contributed by atoms with Crippen molar-refractivity contribution in [3.63, 3.8) is 0 Å². The Hall–Kier alpha value is -1.72. The van der Waals surface area contributed by atoms with Crippen LogP contribution in [0.15, 0.2) is 30.3 Å². The van der Waals surface area contributed by atoms with Crippen molar-refractivity contribution in [2.24, 2.45) is 5.73 Å². The molecule has 0 heterocycles. The minimum Gasteiger partial charge on any atom is -0.479 e. The first-order valence-electron chi connectivity index (χ1n) is 4.29. The van der Waals surface area contributed by atoms with E-state index in [9.17, 15) is 9.59 Å². The van der Waals surface area contributed by atoms with Crippen molar-refractivity contribution in [2.75, 3.05) is 0 Å². The number of hydrogen-bond donors (Lipinski definition) is 3. The molecule has 2 unspecified atom stereocenters. The van der Waals surface area contributed by atoms with E-state index in [0.29, 0.717) is 0 Å². The molecule has 0 amide bonds. The molecule has 0 aromatic heterocycles. The third kappa shape index (κ3) is 2.61. The average molecular weight is 209 g/mol. The predicted molar refractivity (Wildman–Crippen MR) is 52.4 cm³/mol. The summed E-state index contributed by atoms with van der Waals surface area (Å²) in [7, 11) is 0. The highest BCUT2D eigenvalue weighted by Gasteiger charge is 2.28. The van der Waals surface area contributed by atoms with Crippen LogP contribution in [0, 0.1) is 0 Å². The minimum atomic E-state index is -1.88. The Bertz CT molecular complexity index is 363. The van der Waals surface area contributed by atoms with Crippen LogP contribution in [-0.2, 0) is 4.79 Å². The number of aliphatic hydroxyl groups excluding tert-OH is 1. The maximum atomic E-state index is 11.5. The Balaban J connectivity index is 2.82. The number of benzene rings is 1. The van der Waals surface area contributed by atoms with Crippen LogP contribution in [0.5, 0.6) is 0 Å². The van der Waals surface area contributed by atoms with E-state index in [1.165, 1.54) is 12.1 Å². The van der Waals surface area contributed by atoms with Crippen LogP contribution in [0.2, 0.25) is 0 Å². The second-order valence-corrected chi connectivity index (χ2v) is 3.04. The van der Waals surface area contributed by atoms with Gasteiger partial charge in [-0.05, 0) is 0 Å². The fourth-order valence-corrected chi connectivity index (χ4v) is 1.09. The molecule has 0 saturated heterocycles. The van der Waals surface area contributed by atoms with Crippen molar-refractivity contribution in [3.8, 4) is 0 Å². The molecular formula is C10H11NO4. The van der Waals surface area contributed by atoms with Crippen LogP contribution in [0.4, 0.5) is 0 Å². The highest BCUT2D eigenvalue weighted by Crippen LogP contribution is 2.05. The van der Waals surface area contributed by atoms with E-state index in [1.807, 2.05) is 0 Å². The minimum absolute atomic E-state index is 0.283. The number of aliphatic hydroxyl groups is 1. The summed E-state index contributed by atoms with van der Waals surface area (Å²) in [5.74, 6) is -2.10. The fourth-order valence-electron chi connectivity index (χ4n) is 1.09. The molecule has 1 rings (SSSR count). The molecule has 0 bridgehead atoms. The van der Waals surface area contributed by atoms with Crippen molar-refractivity contribution in [3.05, 3.63) is 35.9 Å². The molecule has 0 aliphatic rings. The number of carbonyl (C=O) groups excluding carboxylic acids is 1. The van der Waals surface area contributed by atoms with E-state index in [-0.39, 0.29) is 5.56 Å². The number of hydrogen-bond acceptors (Lipinski definition) is 4. The lowest BCUT2D eigenvalue weighted by Crippen LogP contribution is -2.46.